The number of nitro groups is 1. The molecule has 0 bridgehead atoms. The van der Waals surface area contributed by atoms with E-state index < -0.39 is 16.5 Å². The first-order chi connectivity index (χ1) is 12.5. The zero-order valence-corrected chi connectivity index (χ0v) is 13.9. The summed E-state index contributed by atoms with van der Waals surface area (Å²) in [6.45, 7) is 0. The minimum absolute atomic E-state index is 0.0860. The highest BCUT2D eigenvalue weighted by Crippen LogP contribution is 2.21. The summed E-state index contributed by atoms with van der Waals surface area (Å²) in [6.07, 6.45) is 1.26. The van der Waals surface area contributed by atoms with Crippen molar-refractivity contribution in [2.24, 2.45) is 5.10 Å². The van der Waals surface area contributed by atoms with E-state index >= 15 is 0 Å². The predicted molar refractivity (Wildman–Crippen MR) is 96.3 cm³/mol. The smallest absolute Gasteiger partial charge is 0.305 e. The summed E-state index contributed by atoms with van der Waals surface area (Å²) in [4.78, 5) is 41.0. The van der Waals surface area contributed by atoms with Gasteiger partial charge in [-0.05, 0) is 17.5 Å². The number of nitrogens with zero attached hydrogens (tertiary/aromatic N) is 3. The second-order valence-electron chi connectivity index (χ2n) is 5.01. The number of aromatic nitrogens is 2. The van der Waals surface area contributed by atoms with Gasteiger partial charge in [0.15, 0.2) is 0 Å². The third-order valence-corrected chi connectivity index (χ3v) is 4.13. The Morgan fingerprint density at radius 1 is 1.31 bits per heavy atom. The van der Waals surface area contributed by atoms with E-state index in [4.69, 9.17) is 0 Å². The van der Waals surface area contributed by atoms with Crippen LogP contribution in [0.2, 0.25) is 0 Å². The summed E-state index contributed by atoms with van der Waals surface area (Å²) in [5.74, 6) is -0.671. The molecule has 1 amide bonds. The molecule has 0 aliphatic rings. The fourth-order valence-corrected chi connectivity index (χ4v) is 2.78. The molecule has 0 aliphatic carbocycles. The molecule has 0 unspecified atom stereocenters. The van der Waals surface area contributed by atoms with Gasteiger partial charge in [-0.15, -0.1) is 11.3 Å². The zero-order valence-electron chi connectivity index (χ0n) is 13.1. The number of nitro benzene ring substituents is 1. The lowest BCUT2D eigenvalue weighted by molar-refractivity contribution is -0.384. The molecule has 1 aromatic carbocycles. The third kappa shape index (κ3) is 4.05. The molecule has 9 nitrogen and oxygen atoms in total. The van der Waals surface area contributed by atoms with Gasteiger partial charge in [0.05, 0.1) is 21.7 Å². The number of carbonyl (C=O) groups excluding carboxylic acids is 1. The highest BCUT2D eigenvalue weighted by molar-refractivity contribution is 7.13. The van der Waals surface area contributed by atoms with Crippen LogP contribution in [0.3, 0.4) is 0 Å². The summed E-state index contributed by atoms with van der Waals surface area (Å²) >= 11 is 1.41. The molecule has 0 spiro atoms. The first-order valence-electron chi connectivity index (χ1n) is 7.26. The quantitative estimate of drug-likeness (QED) is 0.404. The number of nitrogens with one attached hydrogen (secondary N) is 2. The molecular formula is C16H11N5O4S. The SMILES string of the molecule is O=C(N/N=C/c1cccc([N+](=O)[O-])c1)c1cc(-c2cccs2)[nH]c(=O)n1. The Balaban J connectivity index is 1.75. The average molecular weight is 369 g/mol. The van der Waals surface area contributed by atoms with Crippen LogP contribution in [0, 0.1) is 10.1 Å². The van der Waals surface area contributed by atoms with E-state index in [-0.39, 0.29) is 11.4 Å². The third-order valence-electron chi connectivity index (χ3n) is 3.22. The lowest BCUT2D eigenvalue weighted by Crippen LogP contribution is -2.24. The van der Waals surface area contributed by atoms with Gasteiger partial charge in [0.25, 0.3) is 11.6 Å². The fourth-order valence-electron chi connectivity index (χ4n) is 2.08. The Bertz CT molecular complexity index is 1040. The number of rotatable bonds is 5. The number of H-pyrrole nitrogens is 1. The summed E-state index contributed by atoms with van der Waals surface area (Å²) in [5, 5.41) is 16.3. The van der Waals surface area contributed by atoms with Crippen LogP contribution in [0.15, 0.2) is 57.7 Å². The molecule has 0 saturated heterocycles. The Morgan fingerprint density at radius 2 is 2.15 bits per heavy atom. The first-order valence-corrected chi connectivity index (χ1v) is 8.14. The van der Waals surface area contributed by atoms with Gasteiger partial charge in [0, 0.05) is 17.7 Å². The molecule has 0 aliphatic heterocycles. The Kier molecular flexibility index (Phi) is 4.94. The van der Waals surface area contributed by atoms with Crippen molar-refractivity contribution in [3.8, 4) is 10.6 Å². The van der Waals surface area contributed by atoms with Gasteiger partial charge >= 0.3 is 5.69 Å². The Hall–Kier alpha value is -3.66. The van der Waals surface area contributed by atoms with E-state index in [9.17, 15) is 19.7 Å². The average Bonchev–Trinajstić information content (AvgIpc) is 3.16. The maximum Gasteiger partial charge on any atom is 0.346 e. The van der Waals surface area contributed by atoms with Crippen LogP contribution in [-0.4, -0.2) is 27.0 Å². The number of hydrazone groups is 1. The number of benzene rings is 1. The van der Waals surface area contributed by atoms with E-state index in [0.717, 1.165) is 4.88 Å². The van der Waals surface area contributed by atoms with Crippen LogP contribution in [-0.2, 0) is 0 Å². The normalized spacial score (nSPS) is 10.8. The Morgan fingerprint density at radius 3 is 2.88 bits per heavy atom. The molecule has 3 rings (SSSR count). The van der Waals surface area contributed by atoms with Gasteiger partial charge in [-0.1, -0.05) is 18.2 Å². The van der Waals surface area contributed by atoms with Crippen LogP contribution in [0.4, 0.5) is 5.69 Å². The van der Waals surface area contributed by atoms with Crippen LogP contribution >= 0.6 is 11.3 Å². The van der Waals surface area contributed by atoms with Gasteiger partial charge in [-0.2, -0.15) is 10.1 Å². The molecule has 0 saturated carbocycles. The predicted octanol–water partition coefficient (Wildman–Crippen LogP) is 2.17. The minimum Gasteiger partial charge on any atom is -0.305 e. The molecule has 2 heterocycles. The number of hydrogen-bond donors (Lipinski definition) is 2. The van der Waals surface area contributed by atoms with Gasteiger partial charge in [0.1, 0.15) is 5.69 Å². The highest BCUT2D eigenvalue weighted by Gasteiger charge is 2.11. The van der Waals surface area contributed by atoms with Gasteiger partial charge < -0.3 is 4.98 Å². The number of amides is 1. The topological polar surface area (TPSA) is 130 Å². The van der Waals surface area contributed by atoms with E-state index in [1.807, 2.05) is 11.4 Å². The second kappa shape index (κ2) is 7.49. The van der Waals surface area contributed by atoms with E-state index in [1.54, 1.807) is 12.1 Å². The van der Waals surface area contributed by atoms with E-state index in [1.165, 1.54) is 41.8 Å². The number of thiophene rings is 1. The summed E-state index contributed by atoms with van der Waals surface area (Å²) < 4.78 is 0. The van der Waals surface area contributed by atoms with Crippen molar-refractivity contribution in [3.05, 3.63) is 79.7 Å². The fraction of sp³-hybridized carbons (Fsp3) is 0. The maximum atomic E-state index is 12.1. The standard InChI is InChI=1S/C16H11N5O4S/c22-15(20-17-9-10-3-1-4-11(7-10)21(24)25)13-8-12(18-16(23)19-13)14-5-2-6-26-14/h1-9H,(H,20,22)(H,18,19,23)/b17-9+. The first kappa shape index (κ1) is 17.2. The van der Waals surface area contributed by atoms with Gasteiger partial charge in [-0.25, -0.2) is 10.2 Å². The molecule has 130 valence electrons. The molecule has 2 aromatic heterocycles. The lowest BCUT2D eigenvalue weighted by Gasteiger charge is -2.01. The molecular weight excluding hydrogens is 358 g/mol. The van der Waals surface area contributed by atoms with Crippen LogP contribution in [0.1, 0.15) is 16.1 Å². The molecule has 10 heteroatoms. The summed E-state index contributed by atoms with van der Waals surface area (Å²) in [6, 6.07) is 10.8. The molecule has 3 aromatic rings. The molecule has 0 radical (unpaired) electrons. The minimum atomic E-state index is -0.671. The molecule has 26 heavy (non-hydrogen) atoms. The molecule has 2 N–H and O–H groups in total. The van der Waals surface area contributed by atoms with E-state index in [0.29, 0.717) is 11.3 Å². The second-order valence-corrected chi connectivity index (χ2v) is 5.96. The lowest BCUT2D eigenvalue weighted by atomic mass is 10.2. The maximum absolute atomic E-state index is 12.1. The van der Waals surface area contributed by atoms with Crippen molar-refractivity contribution in [1.82, 2.24) is 15.4 Å². The largest absolute Gasteiger partial charge is 0.346 e. The van der Waals surface area contributed by atoms with Crippen LogP contribution in [0.5, 0.6) is 0 Å². The van der Waals surface area contributed by atoms with Crippen molar-refractivity contribution in [3.63, 3.8) is 0 Å². The number of carbonyl (C=O) groups is 1. The number of hydrogen-bond acceptors (Lipinski definition) is 7. The van der Waals surface area contributed by atoms with Crippen molar-refractivity contribution in [1.29, 1.82) is 0 Å². The summed E-state index contributed by atoms with van der Waals surface area (Å²) in [5.41, 5.74) is 2.34. The van der Waals surface area contributed by atoms with Crippen LogP contribution < -0.4 is 11.1 Å². The monoisotopic (exact) mass is 369 g/mol. The zero-order chi connectivity index (χ0) is 18.5. The van der Waals surface area contributed by atoms with Crippen LogP contribution in [0.25, 0.3) is 10.6 Å². The highest BCUT2D eigenvalue weighted by atomic mass is 32.1. The number of non-ortho nitro benzene ring substituents is 1. The van der Waals surface area contributed by atoms with Gasteiger partial charge in [-0.3, -0.25) is 14.9 Å². The van der Waals surface area contributed by atoms with Gasteiger partial charge in [0.2, 0.25) is 0 Å². The van der Waals surface area contributed by atoms with Crippen molar-refractivity contribution < 1.29 is 9.72 Å². The van der Waals surface area contributed by atoms with E-state index in [2.05, 4.69) is 20.5 Å². The van der Waals surface area contributed by atoms with Crippen molar-refractivity contribution in [2.45, 2.75) is 0 Å². The molecule has 0 atom stereocenters. The van der Waals surface area contributed by atoms with Crippen molar-refractivity contribution in [2.75, 3.05) is 0 Å². The Labute approximate surface area is 150 Å². The van der Waals surface area contributed by atoms with Crippen molar-refractivity contribution >= 4 is 29.1 Å². The molecule has 0 fully saturated rings. The number of aromatic amines is 1. The summed E-state index contributed by atoms with van der Waals surface area (Å²) in [7, 11) is 0.